The van der Waals surface area contributed by atoms with Crippen LogP contribution in [0.1, 0.15) is 0 Å². The van der Waals surface area contributed by atoms with E-state index in [9.17, 15) is 19.2 Å². The van der Waals surface area contributed by atoms with Crippen molar-refractivity contribution in [1.29, 1.82) is 0 Å². The molecular weight excluding hydrogens is 628 g/mol. The summed E-state index contributed by atoms with van der Waals surface area (Å²) in [6, 6.07) is 0. The molecule has 1 saturated heterocycles. The molecule has 0 aromatic rings. The van der Waals surface area contributed by atoms with Gasteiger partial charge in [-0.15, -0.1) is 0 Å². The third-order valence-corrected chi connectivity index (χ3v) is 3.72. The molecular formula is C16H32Cl4Co2N8O4. The number of rotatable bonds is 0. The Hall–Kier alpha value is -0.107. The maximum atomic E-state index is 11.6. The van der Waals surface area contributed by atoms with Gasteiger partial charge in [0.2, 0.25) is 0 Å². The molecule has 34 heavy (non-hydrogen) atoms. The van der Waals surface area contributed by atoms with Crippen molar-refractivity contribution in [2.24, 2.45) is 0 Å². The van der Waals surface area contributed by atoms with Crippen LogP contribution in [0.3, 0.4) is 0 Å². The first-order valence-corrected chi connectivity index (χ1v) is 15.8. The van der Waals surface area contributed by atoms with Crippen molar-refractivity contribution < 1.29 is 45.0 Å². The molecule has 0 saturated carbocycles. The molecule has 0 bridgehead atoms. The van der Waals surface area contributed by atoms with Crippen LogP contribution in [-0.2, 0) is 45.0 Å². The van der Waals surface area contributed by atoms with E-state index >= 15 is 0 Å². The molecule has 1 fully saturated rings. The topological polar surface area (TPSA) is 165 Å². The second kappa shape index (κ2) is 29.1. The summed E-state index contributed by atoms with van der Waals surface area (Å²) in [6.45, 7) is 6.18. The summed E-state index contributed by atoms with van der Waals surface area (Å²) in [5, 5.41) is 22.6. The van der Waals surface area contributed by atoms with E-state index in [2.05, 4.69) is 42.5 Å². The molecule has 206 valence electrons. The molecule has 0 radical (unpaired) electrons. The van der Waals surface area contributed by atoms with Crippen molar-refractivity contribution >= 4 is 64.2 Å². The van der Waals surface area contributed by atoms with Crippen molar-refractivity contribution in [2.75, 3.05) is 78.5 Å². The summed E-state index contributed by atoms with van der Waals surface area (Å²) in [5.41, 5.74) is 0. The van der Waals surface area contributed by atoms with E-state index in [4.69, 9.17) is 40.6 Å². The maximum absolute atomic E-state index is 11.6. The summed E-state index contributed by atoms with van der Waals surface area (Å²) < 4.78 is 0. The fourth-order valence-corrected chi connectivity index (χ4v) is 2.23. The summed E-state index contributed by atoms with van der Waals surface area (Å²) in [6.07, 6.45) is 0. The van der Waals surface area contributed by atoms with Gasteiger partial charge in [0.25, 0.3) is 0 Å². The summed E-state index contributed by atoms with van der Waals surface area (Å²) >= 11 is 0.764. The second-order valence-electron chi connectivity index (χ2n) is 6.12. The van der Waals surface area contributed by atoms with Crippen LogP contribution in [-0.4, -0.2) is 102 Å². The molecule has 0 unspecified atom stereocenters. The Morgan fingerprint density at radius 3 is 0.706 bits per heavy atom. The zero-order valence-electron chi connectivity index (χ0n) is 18.3. The standard InChI is InChI=1S/C16H32N8O4.4ClH.2Co/c25-13-14(26)23-11-7-19-3-4-20-8-12-24-16(28)15(27)22-10-6-18-2-1-17-5-9-21-13;;;;;;/h17-20H,1-12H2,(H,21,25)(H,22,27)(H,23,26)(H,24,28);4*1H;;/q;;;;;2*+2/p-4. The molecule has 1 aliphatic rings. The third kappa shape index (κ3) is 26.5. The minimum absolute atomic E-state index is 0.349. The molecule has 0 aromatic heterocycles. The van der Waals surface area contributed by atoms with Crippen LogP contribution in [0.15, 0.2) is 0 Å². The van der Waals surface area contributed by atoms with Crippen LogP contribution in [0.5, 0.6) is 0 Å². The van der Waals surface area contributed by atoms with Crippen LogP contribution in [0.2, 0.25) is 0 Å². The first-order chi connectivity index (χ1) is 16.4. The predicted octanol–water partition coefficient (Wildman–Crippen LogP) is -2.42. The molecule has 0 aromatic carbocycles. The van der Waals surface area contributed by atoms with Gasteiger partial charge in [-0.25, -0.2) is 0 Å². The van der Waals surface area contributed by atoms with Crippen LogP contribution in [0, 0.1) is 0 Å². The van der Waals surface area contributed by atoms with E-state index in [1.807, 2.05) is 0 Å². The molecule has 0 aliphatic carbocycles. The van der Waals surface area contributed by atoms with Gasteiger partial charge in [-0.2, -0.15) is 0 Å². The summed E-state index contributed by atoms with van der Waals surface area (Å²) in [7, 11) is 18.9. The van der Waals surface area contributed by atoms with Crippen LogP contribution in [0.4, 0.5) is 0 Å². The third-order valence-electron chi connectivity index (χ3n) is 3.72. The number of amides is 4. The van der Waals surface area contributed by atoms with Gasteiger partial charge in [-0.3, -0.25) is 19.2 Å². The summed E-state index contributed by atoms with van der Waals surface area (Å²) in [5.74, 6) is -2.58. The fraction of sp³-hybridized carbons (Fsp3) is 0.750. The number of hydrogen-bond acceptors (Lipinski definition) is 8. The molecule has 4 amide bonds. The van der Waals surface area contributed by atoms with Gasteiger partial charge in [0, 0.05) is 78.5 Å². The van der Waals surface area contributed by atoms with Crippen LogP contribution in [0.25, 0.3) is 0 Å². The molecule has 1 rings (SSSR count). The number of nitrogens with one attached hydrogen (secondary N) is 8. The first kappa shape index (κ1) is 36.1. The predicted molar refractivity (Wildman–Crippen MR) is 127 cm³/mol. The Bertz CT molecular complexity index is 469. The minimum atomic E-state index is -0.645. The Balaban J connectivity index is 0. The number of hydrogen-bond donors (Lipinski definition) is 8. The van der Waals surface area contributed by atoms with Gasteiger partial charge < -0.3 is 42.5 Å². The molecule has 18 heteroatoms. The van der Waals surface area contributed by atoms with Crippen LogP contribution >= 0.6 is 40.6 Å². The number of carbonyl (C=O) groups excluding carboxylic acids is 4. The van der Waals surface area contributed by atoms with Gasteiger partial charge in [-0.1, -0.05) is 0 Å². The quantitative estimate of drug-likeness (QED) is 0.133. The molecule has 0 spiro atoms. The second-order valence-corrected chi connectivity index (χ2v) is 9.56. The molecule has 12 nitrogen and oxygen atoms in total. The van der Waals surface area contributed by atoms with E-state index in [0.717, 1.165) is 0 Å². The van der Waals surface area contributed by atoms with Crippen molar-refractivity contribution in [3.05, 3.63) is 0 Å². The zero-order valence-corrected chi connectivity index (χ0v) is 23.4. The van der Waals surface area contributed by atoms with Gasteiger partial charge in [0.1, 0.15) is 0 Å². The summed E-state index contributed by atoms with van der Waals surface area (Å²) in [4.78, 5) is 46.5. The van der Waals surface area contributed by atoms with Crippen LogP contribution < -0.4 is 42.5 Å². The van der Waals surface area contributed by atoms with Gasteiger partial charge in [0.05, 0.1) is 0 Å². The van der Waals surface area contributed by atoms with Gasteiger partial charge >= 0.3 is 90.0 Å². The fourth-order valence-electron chi connectivity index (χ4n) is 2.23. The van der Waals surface area contributed by atoms with Crippen molar-refractivity contribution in [3.8, 4) is 0 Å². The Morgan fingerprint density at radius 1 is 0.382 bits per heavy atom. The monoisotopic (exact) mass is 658 g/mol. The Morgan fingerprint density at radius 2 is 0.529 bits per heavy atom. The molecule has 0 atom stereocenters. The first-order valence-electron chi connectivity index (χ1n) is 10.1. The van der Waals surface area contributed by atoms with Gasteiger partial charge in [0.15, 0.2) is 0 Å². The zero-order chi connectivity index (χ0) is 25.9. The van der Waals surface area contributed by atoms with Gasteiger partial charge in [-0.05, 0) is 0 Å². The van der Waals surface area contributed by atoms with Crippen molar-refractivity contribution in [1.82, 2.24) is 42.5 Å². The van der Waals surface area contributed by atoms with E-state index in [1.165, 1.54) is 0 Å². The molecule has 8 N–H and O–H groups in total. The normalized spacial score (nSPS) is 18.9. The van der Waals surface area contributed by atoms with E-state index in [0.29, 0.717) is 104 Å². The number of carbonyl (C=O) groups is 4. The van der Waals surface area contributed by atoms with E-state index in [-0.39, 0.29) is 0 Å². The Kier molecular flexibility index (Phi) is 30.9. The Labute approximate surface area is 229 Å². The molecule has 1 heterocycles. The average Bonchev–Trinajstić information content (AvgIpc) is 2.81. The van der Waals surface area contributed by atoms with E-state index in [1.54, 1.807) is 0 Å². The van der Waals surface area contributed by atoms with E-state index < -0.39 is 23.6 Å². The van der Waals surface area contributed by atoms with Crippen molar-refractivity contribution in [3.63, 3.8) is 0 Å². The number of halogens is 4. The molecule has 1 aliphatic heterocycles. The average molecular weight is 660 g/mol. The SMILES string of the molecule is O=C1NCCNCCNCCNC(=O)C(=O)NCCNCCNCCNC1=O.[Cl][Co][Cl].[Cl][Co][Cl]. The van der Waals surface area contributed by atoms with Crippen molar-refractivity contribution in [2.45, 2.75) is 0 Å².